The van der Waals surface area contributed by atoms with E-state index in [0.29, 0.717) is 40.4 Å². The molecule has 0 atom stereocenters. The largest absolute Gasteiger partial charge is 0.456 e. The summed E-state index contributed by atoms with van der Waals surface area (Å²) in [6.07, 6.45) is 7.26. The fourth-order valence-corrected chi connectivity index (χ4v) is 3.11. The van der Waals surface area contributed by atoms with Crippen molar-refractivity contribution in [3.63, 3.8) is 0 Å². The number of pyridine rings is 2. The molecule has 5 rings (SSSR count). The molecule has 0 aliphatic heterocycles. The predicted molar refractivity (Wildman–Crippen MR) is 110 cm³/mol. The number of hydrogen-bond acceptors (Lipinski definition) is 6. The van der Waals surface area contributed by atoms with E-state index in [1.54, 1.807) is 61.2 Å². The van der Waals surface area contributed by atoms with E-state index >= 15 is 0 Å². The molecule has 8 nitrogen and oxygen atoms in total. The molecule has 3 heterocycles. The maximum Gasteiger partial charge on any atom is 0.256 e. The second-order valence-electron chi connectivity index (χ2n) is 6.97. The second-order valence-corrected chi connectivity index (χ2v) is 6.97. The highest BCUT2D eigenvalue weighted by molar-refractivity contribution is 6.04. The van der Waals surface area contributed by atoms with Crippen LogP contribution in [0.5, 0.6) is 11.5 Å². The lowest BCUT2D eigenvalue weighted by molar-refractivity contribution is 0.102. The lowest BCUT2D eigenvalue weighted by Gasteiger charge is -2.09. The first-order valence-corrected chi connectivity index (χ1v) is 9.62. The van der Waals surface area contributed by atoms with E-state index in [1.165, 1.54) is 0 Å². The van der Waals surface area contributed by atoms with Crippen LogP contribution in [0.15, 0.2) is 73.3 Å². The standard InChI is InChI=1S/C22H18N6O2/c29-22(15-4-1-5-17(12-15)30-18-6-3-11-23-13-18)26-20-8-2-7-19(25-20)21-27-24-14-28(21)16-9-10-16/h1-8,11-14,16H,9-10H2,(H,25,26,29). The van der Waals surface area contributed by atoms with Crippen molar-refractivity contribution in [1.82, 2.24) is 24.7 Å². The van der Waals surface area contributed by atoms with Gasteiger partial charge >= 0.3 is 0 Å². The van der Waals surface area contributed by atoms with Crippen molar-refractivity contribution in [2.45, 2.75) is 18.9 Å². The molecule has 1 amide bonds. The third-order valence-corrected chi connectivity index (χ3v) is 4.70. The van der Waals surface area contributed by atoms with Crippen LogP contribution in [0.25, 0.3) is 11.5 Å². The number of carbonyl (C=O) groups excluding carboxylic acids is 1. The van der Waals surface area contributed by atoms with Gasteiger partial charge in [-0.05, 0) is 55.3 Å². The number of nitrogens with one attached hydrogen (secondary N) is 1. The van der Waals surface area contributed by atoms with Gasteiger partial charge in [-0.15, -0.1) is 10.2 Å². The van der Waals surface area contributed by atoms with Crippen LogP contribution >= 0.6 is 0 Å². The summed E-state index contributed by atoms with van der Waals surface area (Å²) in [4.78, 5) is 21.3. The minimum atomic E-state index is -0.278. The van der Waals surface area contributed by atoms with E-state index in [4.69, 9.17) is 4.74 Å². The maximum atomic E-state index is 12.7. The SMILES string of the molecule is O=C(Nc1cccc(-c2nncn2C2CC2)n1)c1cccc(Oc2cccnc2)c1. The molecule has 1 saturated carbocycles. The van der Waals surface area contributed by atoms with Gasteiger partial charge < -0.3 is 14.6 Å². The van der Waals surface area contributed by atoms with Gasteiger partial charge in [0.25, 0.3) is 5.91 Å². The van der Waals surface area contributed by atoms with Crippen LogP contribution in [0, 0.1) is 0 Å². The van der Waals surface area contributed by atoms with E-state index in [9.17, 15) is 4.79 Å². The number of amides is 1. The Kier molecular flexibility index (Phi) is 4.65. The number of benzene rings is 1. The van der Waals surface area contributed by atoms with Crippen LogP contribution in [0.4, 0.5) is 5.82 Å². The molecule has 0 unspecified atom stereocenters. The van der Waals surface area contributed by atoms with Gasteiger partial charge in [0.15, 0.2) is 5.82 Å². The van der Waals surface area contributed by atoms with Crippen molar-refractivity contribution >= 4 is 11.7 Å². The first-order valence-electron chi connectivity index (χ1n) is 9.62. The Hall–Kier alpha value is -4.07. The minimum Gasteiger partial charge on any atom is -0.456 e. The summed E-state index contributed by atoms with van der Waals surface area (Å²) in [6.45, 7) is 0. The van der Waals surface area contributed by atoms with E-state index in [1.807, 2.05) is 16.7 Å². The lowest BCUT2D eigenvalue weighted by atomic mass is 10.2. The zero-order valence-electron chi connectivity index (χ0n) is 16.0. The van der Waals surface area contributed by atoms with Crippen LogP contribution < -0.4 is 10.1 Å². The Labute approximate surface area is 172 Å². The van der Waals surface area contributed by atoms with Crippen molar-refractivity contribution < 1.29 is 9.53 Å². The molecule has 1 aliphatic rings. The summed E-state index contributed by atoms with van der Waals surface area (Å²) in [5, 5.41) is 11.0. The number of rotatable bonds is 6. The number of carbonyl (C=O) groups is 1. The summed E-state index contributed by atoms with van der Waals surface area (Å²) in [5.74, 6) is 2.03. The highest BCUT2D eigenvalue weighted by Gasteiger charge is 2.27. The Balaban J connectivity index is 1.33. The maximum absolute atomic E-state index is 12.7. The number of hydrogen-bond donors (Lipinski definition) is 1. The zero-order chi connectivity index (χ0) is 20.3. The first kappa shape index (κ1) is 18.0. The van der Waals surface area contributed by atoms with Crippen LogP contribution in [0.2, 0.25) is 0 Å². The summed E-state index contributed by atoms with van der Waals surface area (Å²) in [7, 11) is 0. The zero-order valence-corrected chi connectivity index (χ0v) is 16.0. The fraction of sp³-hybridized carbons (Fsp3) is 0.136. The van der Waals surface area contributed by atoms with Gasteiger partial charge in [-0.2, -0.15) is 0 Å². The monoisotopic (exact) mass is 398 g/mol. The van der Waals surface area contributed by atoms with Gasteiger partial charge in [-0.1, -0.05) is 12.1 Å². The quantitative estimate of drug-likeness (QED) is 0.525. The number of aromatic nitrogens is 5. The summed E-state index contributed by atoms with van der Waals surface area (Å²) >= 11 is 0. The normalized spacial score (nSPS) is 13.1. The molecular formula is C22H18N6O2. The van der Waals surface area contributed by atoms with Gasteiger partial charge in [0, 0.05) is 17.8 Å². The highest BCUT2D eigenvalue weighted by Crippen LogP contribution is 2.37. The molecule has 0 bridgehead atoms. The van der Waals surface area contributed by atoms with E-state index in [-0.39, 0.29) is 5.91 Å². The van der Waals surface area contributed by atoms with Crippen molar-refractivity contribution in [3.05, 3.63) is 78.9 Å². The smallest absolute Gasteiger partial charge is 0.256 e. The number of ether oxygens (including phenoxy) is 1. The molecule has 4 aromatic rings. The van der Waals surface area contributed by atoms with Gasteiger partial charge in [0.05, 0.1) is 6.20 Å². The third kappa shape index (κ3) is 3.88. The third-order valence-electron chi connectivity index (χ3n) is 4.70. The predicted octanol–water partition coefficient (Wildman–Crippen LogP) is 4.11. The molecule has 1 aromatic carbocycles. The summed E-state index contributed by atoms with van der Waals surface area (Å²) in [6, 6.07) is 16.4. The number of anilines is 1. The Morgan fingerprint density at radius 2 is 1.93 bits per heavy atom. The molecule has 1 fully saturated rings. The molecule has 0 spiro atoms. The highest BCUT2D eigenvalue weighted by atomic mass is 16.5. The first-order chi connectivity index (χ1) is 14.8. The summed E-state index contributed by atoms with van der Waals surface area (Å²) in [5.41, 5.74) is 1.13. The van der Waals surface area contributed by atoms with E-state index in [2.05, 4.69) is 25.5 Å². The molecular weight excluding hydrogens is 380 g/mol. The minimum absolute atomic E-state index is 0.278. The summed E-state index contributed by atoms with van der Waals surface area (Å²) < 4.78 is 7.79. The van der Waals surface area contributed by atoms with Gasteiger partial charge in [0.1, 0.15) is 29.3 Å². The molecule has 0 saturated heterocycles. The average Bonchev–Trinajstić information content (AvgIpc) is 3.51. The Morgan fingerprint density at radius 3 is 2.77 bits per heavy atom. The van der Waals surface area contributed by atoms with Gasteiger partial charge in [0.2, 0.25) is 0 Å². The van der Waals surface area contributed by atoms with E-state index in [0.717, 1.165) is 12.8 Å². The molecule has 1 aliphatic carbocycles. The molecule has 0 radical (unpaired) electrons. The Morgan fingerprint density at radius 1 is 1.07 bits per heavy atom. The number of nitrogens with zero attached hydrogens (tertiary/aromatic N) is 5. The van der Waals surface area contributed by atoms with Crippen LogP contribution in [0.3, 0.4) is 0 Å². The molecule has 3 aromatic heterocycles. The van der Waals surface area contributed by atoms with Crippen LogP contribution in [-0.2, 0) is 0 Å². The average molecular weight is 398 g/mol. The van der Waals surface area contributed by atoms with Crippen molar-refractivity contribution in [1.29, 1.82) is 0 Å². The topological polar surface area (TPSA) is 94.8 Å². The molecule has 8 heteroatoms. The van der Waals surface area contributed by atoms with Crippen LogP contribution in [0.1, 0.15) is 29.2 Å². The fourth-order valence-electron chi connectivity index (χ4n) is 3.11. The van der Waals surface area contributed by atoms with Crippen molar-refractivity contribution in [2.75, 3.05) is 5.32 Å². The van der Waals surface area contributed by atoms with Crippen molar-refractivity contribution in [3.8, 4) is 23.0 Å². The Bertz CT molecular complexity index is 1190. The molecule has 30 heavy (non-hydrogen) atoms. The molecule has 1 N–H and O–H groups in total. The van der Waals surface area contributed by atoms with E-state index < -0.39 is 0 Å². The van der Waals surface area contributed by atoms with Gasteiger partial charge in [-0.25, -0.2) is 4.98 Å². The van der Waals surface area contributed by atoms with Gasteiger partial charge in [-0.3, -0.25) is 9.78 Å². The lowest BCUT2D eigenvalue weighted by Crippen LogP contribution is -2.13. The van der Waals surface area contributed by atoms with Crippen molar-refractivity contribution in [2.24, 2.45) is 0 Å². The second kappa shape index (κ2) is 7.75. The molecule has 148 valence electrons. The van der Waals surface area contributed by atoms with Crippen LogP contribution in [-0.4, -0.2) is 30.6 Å².